The number of alkyl carbamates (subject to hydrolysis) is 1. The number of aromatic nitrogens is 2. The van der Waals surface area contributed by atoms with E-state index >= 15 is 0 Å². The number of furan rings is 1. The van der Waals surface area contributed by atoms with Gasteiger partial charge in [-0.1, -0.05) is 44.9 Å². The molecule has 3 N–H and O–H groups in total. The number of nitrogens with one attached hydrogen (secondary N) is 3. The van der Waals surface area contributed by atoms with Crippen molar-refractivity contribution in [1.29, 1.82) is 0 Å². The standard InChI is InChI=1S/C46H56N6O9S2/c1-26(2)34-25-62-41(48-34)33-22-37(39-38(47-33)31-17-16-27(3)20-36(31)61-39)59-30-21-35-40(53)50-46(43(55)51-63(57,58)45(4)18-19-45)23-28(46)12-8-6-5-7-9-15-32(42(54)52(35)24-30)49-44(56)60-29-13-10-11-14-29/h8,12,16-17,20,22,25-26,28-30,32,35H,5-7,9-11,13-15,18-19,21,23-24H2,1-4H3,(H,49,56)(H,50,53)(H,51,55)/t28-,30-,32+,35+,46-/m1/s1. The summed E-state index contributed by atoms with van der Waals surface area (Å²) in [5.41, 5.74) is 2.60. The zero-order valence-electron chi connectivity index (χ0n) is 36.2. The van der Waals surface area contributed by atoms with Crippen LogP contribution in [0.1, 0.15) is 121 Å². The molecule has 3 saturated carbocycles. The number of carbonyl (C=O) groups is 4. The zero-order valence-corrected chi connectivity index (χ0v) is 37.9. The summed E-state index contributed by atoms with van der Waals surface area (Å²) in [5.74, 6) is -1.77. The number of sulfonamides is 1. The van der Waals surface area contributed by atoms with E-state index in [9.17, 15) is 27.6 Å². The van der Waals surface area contributed by atoms with Crippen molar-refractivity contribution >= 4 is 67.2 Å². The topological polar surface area (TPSA) is 199 Å². The van der Waals surface area contributed by atoms with Crippen LogP contribution in [0.15, 0.2) is 46.2 Å². The summed E-state index contributed by atoms with van der Waals surface area (Å²) in [6.07, 6.45) is 9.96. The molecule has 5 heterocycles. The van der Waals surface area contributed by atoms with Gasteiger partial charge < -0.3 is 29.4 Å². The maximum Gasteiger partial charge on any atom is 0.408 e. The van der Waals surface area contributed by atoms with Gasteiger partial charge in [-0.3, -0.25) is 19.1 Å². The molecule has 1 saturated heterocycles. The average Bonchev–Trinajstić information content (AvgIpc) is 3.72. The first-order valence-corrected chi connectivity index (χ1v) is 24.8. The SMILES string of the molecule is Cc1ccc2c(c1)oc1c(O[C@@H]3C[C@H]4C(=O)N[C@]5(C(=O)NS(=O)(=O)C6(C)CC6)C[C@H]5C=CCCCCC[C@H](NC(=O)OC5CCCC5)C(=O)N4C3)cc(-c3nc(C(C)C)cs3)nc12. The van der Waals surface area contributed by atoms with Crippen molar-refractivity contribution in [3.8, 4) is 16.5 Å². The lowest BCUT2D eigenvalue weighted by molar-refractivity contribution is -0.141. The van der Waals surface area contributed by atoms with E-state index in [1.165, 1.54) is 16.2 Å². The molecule has 0 bridgehead atoms. The summed E-state index contributed by atoms with van der Waals surface area (Å²) >= 11 is 1.48. The minimum atomic E-state index is -4.01. The van der Waals surface area contributed by atoms with Crippen molar-refractivity contribution in [2.24, 2.45) is 5.92 Å². The molecule has 336 valence electrons. The van der Waals surface area contributed by atoms with Gasteiger partial charge in [-0.25, -0.2) is 23.2 Å². The molecule has 3 aliphatic carbocycles. The summed E-state index contributed by atoms with van der Waals surface area (Å²) in [5, 5.41) is 9.30. The van der Waals surface area contributed by atoms with Gasteiger partial charge in [0.1, 0.15) is 51.6 Å². The van der Waals surface area contributed by atoms with E-state index in [2.05, 4.69) is 29.2 Å². The van der Waals surface area contributed by atoms with Gasteiger partial charge in [0.25, 0.3) is 5.91 Å². The average molecular weight is 901 g/mol. The summed E-state index contributed by atoms with van der Waals surface area (Å²) in [6.45, 7) is 7.70. The van der Waals surface area contributed by atoms with Crippen molar-refractivity contribution in [3.05, 3.63) is 53.1 Å². The van der Waals surface area contributed by atoms with Crippen LogP contribution in [0, 0.1) is 12.8 Å². The second-order valence-corrected chi connectivity index (χ2v) is 21.8. The minimum absolute atomic E-state index is 0.0264. The van der Waals surface area contributed by atoms with Gasteiger partial charge in [0.05, 0.1) is 17.0 Å². The molecular weight excluding hydrogens is 845 g/mol. The molecule has 5 aliphatic rings. The van der Waals surface area contributed by atoms with Crippen LogP contribution in [0.5, 0.6) is 5.75 Å². The molecule has 0 unspecified atom stereocenters. The van der Waals surface area contributed by atoms with E-state index in [4.69, 9.17) is 23.9 Å². The molecule has 0 spiro atoms. The fourth-order valence-corrected chi connectivity index (χ4v) is 11.4. The second kappa shape index (κ2) is 16.8. The lowest BCUT2D eigenvalue weighted by Crippen LogP contribution is -2.58. The maximum absolute atomic E-state index is 14.9. The number of pyridine rings is 1. The number of amides is 4. The Balaban J connectivity index is 1.06. The van der Waals surface area contributed by atoms with Gasteiger partial charge in [-0.15, -0.1) is 11.3 Å². The highest BCUT2D eigenvalue weighted by Crippen LogP contribution is 2.48. The number of ether oxygens (including phenoxy) is 2. The highest BCUT2D eigenvalue weighted by atomic mass is 32.2. The largest absolute Gasteiger partial charge is 0.484 e. The molecular formula is C46H56N6O9S2. The molecule has 2 aliphatic heterocycles. The highest BCUT2D eigenvalue weighted by molar-refractivity contribution is 7.91. The van der Waals surface area contributed by atoms with Gasteiger partial charge in [0.2, 0.25) is 21.8 Å². The number of hydrogen-bond donors (Lipinski definition) is 3. The Morgan fingerprint density at radius 3 is 2.56 bits per heavy atom. The fourth-order valence-electron chi connectivity index (χ4n) is 9.14. The predicted octanol–water partition coefficient (Wildman–Crippen LogP) is 7.32. The predicted molar refractivity (Wildman–Crippen MR) is 238 cm³/mol. The molecule has 4 amide bonds. The number of benzene rings is 1. The molecule has 0 radical (unpaired) electrons. The van der Waals surface area contributed by atoms with Crippen LogP contribution in [0.2, 0.25) is 0 Å². The number of fused-ring (bicyclic) bond motifs is 5. The van der Waals surface area contributed by atoms with Gasteiger partial charge in [0, 0.05) is 29.2 Å². The number of thiazole rings is 1. The van der Waals surface area contributed by atoms with Crippen molar-refractivity contribution in [3.63, 3.8) is 0 Å². The van der Waals surface area contributed by atoms with Crippen molar-refractivity contribution in [2.75, 3.05) is 6.54 Å². The quantitative estimate of drug-likeness (QED) is 0.142. The van der Waals surface area contributed by atoms with E-state index in [0.29, 0.717) is 65.2 Å². The Labute approximate surface area is 371 Å². The normalized spacial score (nSPS) is 26.5. The Morgan fingerprint density at radius 1 is 1.03 bits per heavy atom. The van der Waals surface area contributed by atoms with Crippen LogP contribution in [0.25, 0.3) is 32.8 Å². The molecule has 1 aromatic carbocycles. The minimum Gasteiger partial charge on any atom is -0.484 e. The first kappa shape index (κ1) is 43.2. The monoisotopic (exact) mass is 900 g/mol. The third kappa shape index (κ3) is 8.66. The molecule has 9 rings (SSSR count). The highest BCUT2D eigenvalue weighted by Gasteiger charge is 2.63. The second-order valence-electron chi connectivity index (χ2n) is 18.7. The summed E-state index contributed by atoms with van der Waals surface area (Å²) in [7, 11) is -4.01. The summed E-state index contributed by atoms with van der Waals surface area (Å²) in [4.78, 5) is 68.3. The molecule has 63 heavy (non-hydrogen) atoms. The number of hydrogen-bond acceptors (Lipinski definition) is 12. The maximum atomic E-state index is 14.9. The third-order valence-corrected chi connectivity index (χ3v) is 16.6. The van der Waals surface area contributed by atoms with E-state index in [-0.39, 0.29) is 31.4 Å². The number of rotatable bonds is 9. The molecule has 4 aromatic rings. The smallest absolute Gasteiger partial charge is 0.408 e. The van der Waals surface area contributed by atoms with Gasteiger partial charge in [0.15, 0.2) is 11.3 Å². The van der Waals surface area contributed by atoms with Gasteiger partial charge in [-0.2, -0.15) is 0 Å². The number of nitrogens with zero attached hydrogens (tertiary/aromatic N) is 3. The Bertz CT molecular complexity index is 2590. The number of aryl methyl sites for hydroxylation is 1. The lowest BCUT2D eigenvalue weighted by atomic mass is 10.0. The number of carbonyl (C=O) groups excluding carboxylic acids is 4. The van der Waals surface area contributed by atoms with E-state index in [1.807, 2.05) is 42.7 Å². The van der Waals surface area contributed by atoms with E-state index in [0.717, 1.165) is 55.2 Å². The van der Waals surface area contributed by atoms with Crippen LogP contribution in [0.4, 0.5) is 4.79 Å². The first-order chi connectivity index (χ1) is 30.1. The van der Waals surface area contributed by atoms with Gasteiger partial charge >= 0.3 is 6.09 Å². The van der Waals surface area contributed by atoms with Crippen LogP contribution in [-0.2, 0) is 29.1 Å². The van der Waals surface area contributed by atoms with E-state index in [1.54, 1.807) is 13.0 Å². The van der Waals surface area contributed by atoms with Crippen LogP contribution in [0.3, 0.4) is 0 Å². The van der Waals surface area contributed by atoms with Crippen LogP contribution in [-0.4, -0.2) is 88.2 Å². The Morgan fingerprint density at radius 2 is 1.81 bits per heavy atom. The van der Waals surface area contributed by atoms with Gasteiger partial charge in [-0.05, 0) is 102 Å². The fraction of sp³-hybridized carbons (Fsp3) is 0.565. The molecule has 17 heteroatoms. The number of allylic oxidation sites excluding steroid dienone is 1. The van der Waals surface area contributed by atoms with Crippen molar-refractivity contribution < 1.29 is 41.5 Å². The molecule has 15 nitrogen and oxygen atoms in total. The Kier molecular flexibility index (Phi) is 11.6. The summed E-state index contributed by atoms with van der Waals surface area (Å²) < 4.78 is 46.8. The third-order valence-electron chi connectivity index (χ3n) is 13.5. The molecule has 3 aromatic heterocycles. The molecule has 5 atom stereocenters. The van der Waals surface area contributed by atoms with Crippen LogP contribution >= 0.6 is 11.3 Å². The first-order valence-electron chi connectivity index (χ1n) is 22.4. The lowest BCUT2D eigenvalue weighted by Gasteiger charge is -2.30. The zero-order chi connectivity index (χ0) is 44.3. The van der Waals surface area contributed by atoms with E-state index < -0.39 is 68.2 Å². The van der Waals surface area contributed by atoms with Crippen molar-refractivity contribution in [1.82, 2.24) is 30.2 Å². The summed E-state index contributed by atoms with van der Waals surface area (Å²) in [6, 6.07) is 5.52. The molecule has 4 fully saturated rings. The van der Waals surface area contributed by atoms with Crippen LogP contribution < -0.4 is 20.1 Å². The van der Waals surface area contributed by atoms with Crippen molar-refractivity contribution in [2.45, 2.75) is 152 Å². The Hall–Kier alpha value is -5.03.